The molecule has 2 aromatic rings. The summed E-state index contributed by atoms with van der Waals surface area (Å²) in [4.78, 5) is 3.47. The van der Waals surface area contributed by atoms with Gasteiger partial charge in [0.1, 0.15) is 5.69 Å². The maximum atomic E-state index is 12.9. The molecular weight excluding hydrogens is 286 g/mol. The van der Waals surface area contributed by atoms with Gasteiger partial charge in [0, 0.05) is 12.6 Å². The van der Waals surface area contributed by atoms with Crippen molar-refractivity contribution < 1.29 is 26.3 Å². The first-order valence-corrected chi connectivity index (χ1v) is 5.37. The van der Waals surface area contributed by atoms with Gasteiger partial charge in [0.15, 0.2) is 5.69 Å². The van der Waals surface area contributed by atoms with Crippen LogP contribution in [-0.4, -0.2) is 9.55 Å². The topological polar surface area (TPSA) is 17.8 Å². The molecule has 1 heterocycles. The number of benzene rings is 1. The SMILES string of the molecule is Cn1cnc(-c2ccccc2C(F)(F)F)c1C(F)(F)F. The molecule has 20 heavy (non-hydrogen) atoms. The monoisotopic (exact) mass is 294 g/mol. The zero-order valence-electron chi connectivity index (χ0n) is 10.0. The van der Waals surface area contributed by atoms with E-state index < -0.39 is 34.9 Å². The first-order valence-electron chi connectivity index (χ1n) is 5.37. The second-order valence-corrected chi connectivity index (χ2v) is 4.09. The van der Waals surface area contributed by atoms with Gasteiger partial charge >= 0.3 is 12.4 Å². The average molecular weight is 294 g/mol. The van der Waals surface area contributed by atoms with Crippen LogP contribution in [0.3, 0.4) is 0 Å². The molecule has 2 nitrogen and oxygen atoms in total. The number of aromatic nitrogens is 2. The van der Waals surface area contributed by atoms with E-state index in [1.165, 1.54) is 6.07 Å². The van der Waals surface area contributed by atoms with Crippen molar-refractivity contribution in [3.63, 3.8) is 0 Å². The lowest BCUT2D eigenvalue weighted by Gasteiger charge is -2.14. The van der Waals surface area contributed by atoms with Crippen molar-refractivity contribution in [2.45, 2.75) is 12.4 Å². The summed E-state index contributed by atoms with van der Waals surface area (Å²) in [5, 5.41) is 0. The lowest BCUT2D eigenvalue weighted by Crippen LogP contribution is -2.14. The number of rotatable bonds is 1. The van der Waals surface area contributed by atoms with Crippen LogP contribution in [0.2, 0.25) is 0 Å². The Hall–Kier alpha value is -1.99. The summed E-state index contributed by atoms with van der Waals surface area (Å²) in [6, 6.07) is 4.05. The largest absolute Gasteiger partial charge is 0.433 e. The third-order valence-electron chi connectivity index (χ3n) is 2.69. The first-order chi connectivity index (χ1) is 9.12. The van der Waals surface area contributed by atoms with Crippen LogP contribution in [0.25, 0.3) is 11.3 Å². The predicted molar refractivity (Wildman–Crippen MR) is 58.6 cm³/mol. The van der Waals surface area contributed by atoms with Crippen LogP contribution in [0.15, 0.2) is 30.6 Å². The van der Waals surface area contributed by atoms with Crippen molar-refractivity contribution in [1.82, 2.24) is 9.55 Å². The van der Waals surface area contributed by atoms with Crippen LogP contribution < -0.4 is 0 Å². The zero-order valence-corrected chi connectivity index (χ0v) is 10.0. The number of hydrogen-bond acceptors (Lipinski definition) is 1. The molecule has 1 aromatic heterocycles. The van der Waals surface area contributed by atoms with Crippen LogP contribution in [0.5, 0.6) is 0 Å². The maximum Gasteiger partial charge on any atom is 0.433 e. The number of imidazole rings is 1. The van der Waals surface area contributed by atoms with Crippen molar-refractivity contribution in [3.8, 4) is 11.3 Å². The van der Waals surface area contributed by atoms with Crippen LogP contribution in [0, 0.1) is 0 Å². The highest BCUT2D eigenvalue weighted by atomic mass is 19.4. The van der Waals surface area contributed by atoms with Crippen LogP contribution >= 0.6 is 0 Å². The van der Waals surface area contributed by atoms with Crippen LogP contribution in [-0.2, 0) is 19.4 Å². The lowest BCUT2D eigenvalue weighted by atomic mass is 10.0. The number of hydrogen-bond donors (Lipinski definition) is 0. The molecule has 0 bridgehead atoms. The smallest absolute Gasteiger partial charge is 0.330 e. The highest BCUT2D eigenvalue weighted by Gasteiger charge is 2.41. The van der Waals surface area contributed by atoms with Gasteiger partial charge in [-0.1, -0.05) is 18.2 Å². The average Bonchev–Trinajstić information content (AvgIpc) is 2.69. The molecule has 0 amide bonds. The standard InChI is InChI=1S/C12H8F6N2/c1-20-6-19-9(10(20)12(16,17)18)7-4-2-3-5-8(7)11(13,14)15/h2-6H,1H3. The van der Waals surface area contributed by atoms with Crippen molar-refractivity contribution in [2.24, 2.45) is 7.05 Å². The first kappa shape index (κ1) is 14.4. The van der Waals surface area contributed by atoms with E-state index in [0.29, 0.717) is 4.57 Å². The third-order valence-corrected chi connectivity index (χ3v) is 2.69. The summed E-state index contributed by atoms with van der Waals surface area (Å²) in [5.74, 6) is 0. The van der Waals surface area contributed by atoms with Crippen molar-refractivity contribution >= 4 is 0 Å². The van der Waals surface area contributed by atoms with Gasteiger partial charge in [-0.2, -0.15) is 26.3 Å². The molecule has 0 unspecified atom stereocenters. The molecule has 0 spiro atoms. The Bertz CT molecular complexity index is 624. The summed E-state index contributed by atoms with van der Waals surface area (Å²) in [7, 11) is 1.08. The molecule has 0 atom stereocenters. The predicted octanol–water partition coefficient (Wildman–Crippen LogP) is 4.12. The number of aryl methyl sites for hydroxylation is 1. The second kappa shape index (κ2) is 4.53. The summed E-state index contributed by atoms with van der Waals surface area (Å²) < 4.78 is 78.0. The summed E-state index contributed by atoms with van der Waals surface area (Å²) >= 11 is 0. The van der Waals surface area contributed by atoms with Crippen molar-refractivity contribution in [1.29, 1.82) is 0 Å². The Morgan fingerprint density at radius 1 is 0.950 bits per heavy atom. The molecule has 8 heteroatoms. The third kappa shape index (κ3) is 2.50. The van der Waals surface area contributed by atoms with Gasteiger partial charge in [-0.05, 0) is 6.07 Å². The molecule has 0 radical (unpaired) electrons. The summed E-state index contributed by atoms with van der Waals surface area (Å²) in [6.07, 6.45) is -8.71. The van der Waals surface area contributed by atoms with Gasteiger partial charge in [-0.25, -0.2) is 4.98 Å². The minimum absolute atomic E-state index is 0.590. The molecule has 0 aliphatic rings. The summed E-state index contributed by atoms with van der Waals surface area (Å²) in [6.45, 7) is 0. The van der Waals surface area contributed by atoms with Crippen LogP contribution in [0.4, 0.5) is 26.3 Å². The number of halogens is 6. The van der Waals surface area contributed by atoms with Gasteiger partial charge in [-0.3, -0.25) is 0 Å². The summed E-state index contributed by atoms with van der Waals surface area (Å²) in [5.41, 5.74) is -3.68. The second-order valence-electron chi connectivity index (χ2n) is 4.09. The Kier molecular flexibility index (Phi) is 3.27. The minimum Gasteiger partial charge on any atom is -0.330 e. The molecule has 2 rings (SSSR count). The minimum atomic E-state index is -4.79. The van der Waals surface area contributed by atoms with Crippen LogP contribution in [0.1, 0.15) is 11.3 Å². The molecule has 0 aliphatic heterocycles. The molecule has 0 aliphatic carbocycles. The van der Waals surface area contributed by atoms with Gasteiger partial charge in [0.25, 0.3) is 0 Å². The molecule has 108 valence electrons. The Labute approximate surface area is 109 Å². The van der Waals surface area contributed by atoms with E-state index in [4.69, 9.17) is 0 Å². The number of alkyl halides is 6. The van der Waals surface area contributed by atoms with E-state index in [1.807, 2.05) is 0 Å². The van der Waals surface area contributed by atoms with E-state index >= 15 is 0 Å². The normalized spacial score (nSPS) is 12.8. The van der Waals surface area contributed by atoms with Gasteiger partial charge < -0.3 is 4.57 Å². The fraction of sp³-hybridized carbons (Fsp3) is 0.250. The van der Waals surface area contributed by atoms with Crippen molar-refractivity contribution in [3.05, 3.63) is 41.9 Å². The van der Waals surface area contributed by atoms with Gasteiger partial charge in [0.05, 0.1) is 11.9 Å². The fourth-order valence-corrected chi connectivity index (χ4v) is 1.90. The molecular formula is C12H8F6N2. The van der Waals surface area contributed by atoms with E-state index in [-0.39, 0.29) is 0 Å². The Morgan fingerprint density at radius 2 is 1.55 bits per heavy atom. The molecule has 0 fully saturated rings. The highest BCUT2D eigenvalue weighted by Crippen LogP contribution is 2.41. The Morgan fingerprint density at radius 3 is 2.10 bits per heavy atom. The molecule has 1 aromatic carbocycles. The molecule has 0 saturated carbocycles. The lowest BCUT2D eigenvalue weighted by molar-refractivity contribution is -0.143. The van der Waals surface area contributed by atoms with E-state index in [1.54, 1.807) is 0 Å². The maximum absolute atomic E-state index is 12.9. The van der Waals surface area contributed by atoms with Gasteiger partial charge in [-0.15, -0.1) is 0 Å². The molecule has 0 N–H and O–H groups in total. The quantitative estimate of drug-likeness (QED) is 0.723. The highest BCUT2D eigenvalue weighted by molar-refractivity contribution is 5.67. The Balaban J connectivity index is 2.72. The van der Waals surface area contributed by atoms with E-state index in [2.05, 4.69) is 4.98 Å². The zero-order chi connectivity index (χ0) is 15.1. The molecule has 0 saturated heterocycles. The van der Waals surface area contributed by atoms with Crippen molar-refractivity contribution in [2.75, 3.05) is 0 Å². The fourth-order valence-electron chi connectivity index (χ4n) is 1.90. The number of nitrogens with zero attached hydrogens (tertiary/aromatic N) is 2. The van der Waals surface area contributed by atoms with E-state index in [9.17, 15) is 26.3 Å². The van der Waals surface area contributed by atoms with E-state index in [0.717, 1.165) is 31.6 Å². The van der Waals surface area contributed by atoms with Gasteiger partial charge in [0.2, 0.25) is 0 Å².